The highest BCUT2D eigenvalue weighted by Crippen LogP contribution is 2.18. The summed E-state index contributed by atoms with van der Waals surface area (Å²) in [6.45, 7) is 0. The molecular formula is C15H15N5O3S. The molecule has 124 valence electrons. The normalized spacial score (nSPS) is 10.7. The minimum Gasteiger partial charge on any atom is -0.469 e. The summed E-state index contributed by atoms with van der Waals surface area (Å²) in [6.07, 6.45) is 2.25. The maximum Gasteiger partial charge on any atom is 0.306 e. The van der Waals surface area contributed by atoms with E-state index in [1.165, 1.54) is 18.9 Å². The van der Waals surface area contributed by atoms with Crippen LogP contribution in [0.5, 0.6) is 0 Å². The van der Waals surface area contributed by atoms with Gasteiger partial charge in [-0.05, 0) is 12.1 Å². The molecule has 1 aromatic carbocycles. The fraction of sp³-hybridized carbons (Fsp3) is 0.267. The molecule has 0 aliphatic heterocycles. The SMILES string of the molecule is COC(=O)CCc1nc(CSc2ncn(-c3ccccc3)n2)no1. The van der Waals surface area contributed by atoms with Gasteiger partial charge in [0.15, 0.2) is 5.82 Å². The van der Waals surface area contributed by atoms with Gasteiger partial charge in [0.25, 0.3) is 0 Å². The Morgan fingerprint density at radius 3 is 2.96 bits per heavy atom. The van der Waals surface area contributed by atoms with Crippen LogP contribution in [0, 0.1) is 0 Å². The number of nitrogens with zero attached hydrogens (tertiary/aromatic N) is 5. The molecule has 0 aliphatic rings. The lowest BCUT2D eigenvalue weighted by Gasteiger charge is -1.97. The van der Waals surface area contributed by atoms with E-state index >= 15 is 0 Å². The van der Waals surface area contributed by atoms with Gasteiger partial charge in [0.1, 0.15) is 6.33 Å². The monoisotopic (exact) mass is 345 g/mol. The summed E-state index contributed by atoms with van der Waals surface area (Å²) in [5, 5.41) is 8.90. The van der Waals surface area contributed by atoms with Gasteiger partial charge in [0.05, 0.1) is 25.0 Å². The number of carbonyl (C=O) groups is 1. The van der Waals surface area contributed by atoms with Crippen molar-refractivity contribution in [3.8, 4) is 5.69 Å². The summed E-state index contributed by atoms with van der Waals surface area (Å²) < 4.78 is 11.4. The summed E-state index contributed by atoms with van der Waals surface area (Å²) in [7, 11) is 1.35. The molecule has 0 amide bonds. The van der Waals surface area contributed by atoms with E-state index in [4.69, 9.17) is 4.52 Å². The number of aryl methyl sites for hydroxylation is 1. The summed E-state index contributed by atoms with van der Waals surface area (Å²) in [6, 6.07) is 9.74. The highest BCUT2D eigenvalue weighted by molar-refractivity contribution is 7.98. The first-order valence-electron chi connectivity index (χ1n) is 7.23. The lowest BCUT2D eigenvalue weighted by Crippen LogP contribution is -2.02. The van der Waals surface area contributed by atoms with Crippen molar-refractivity contribution in [2.75, 3.05) is 7.11 Å². The van der Waals surface area contributed by atoms with E-state index in [0.29, 0.717) is 29.0 Å². The molecule has 0 N–H and O–H groups in total. The van der Waals surface area contributed by atoms with Gasteiger partial charge in [-0.15, -0.1) is 5.10 Å². The molecule has 8 nitrogen and oxygen atoms in total. The molecular weight excluding hydrogens is 330 g/mol. The maximum atomic E-state index is 11.1. The lowest BCUT2D eigenvalue weighted by atomic mass is 10.3. The van der Waals surface area contributed by atoms with Crippen LogP contribution >= 0.6 is 11.8 Å². The van der Waals surface area contributed by atoms with Crippen LogP contribution in [0.4, 0.5) is 0 Å². The smallest absolute Gasteiger partial charge is 0.306 e. The van der Waals surface area contributed by atoms with Gasteiger partial charge in [-0.25, -0.2) is 9.67 Å². The second-order valence-corrected chi connectivity index (χ2v) is 5.72. The van der Waals surface area contributed by atoms with E-state index in [2.05, 4.69) is 25.0 Å². The fourth-order valence-corrected chi connectivity index (χ4v) is 2.55. The van der Waals surface area contributed by atoms with Gasteiger partial charge in [0.2, 0.25) is 11.0 Å². The van der Waals surface area contributed by atoms with Crippen LogP contribution in [0.2, 0.25) is 0 Å². The molecule has 3 rings (SSSR count). The second-order valence-electron chi connectivity index (χ2n) is 4.78. The van der Waals surface area contributed by atoms with E-state index < -0.39 is 0 Å². The highest BCUT2D eigenvalue weighted by Gasteiger charge is 2.11. The average Bonchev–Trinajstić information content (AvgIpc) is 3.28. The predicted molar refractivity (Wildman–Crippen MR) is 85.6 cm³/mol. The third-order valence-electron chi connectivity index (χ3n) is 3.10. The van der Waals surface area contributed by atoms with Crippen molar-refractivity contribution in [2.45, 2.75) is 23.8 Å². The Bertz CT molecular complexity index is 802. The number of rotatable bonds is 7. The van der Waals surface area contributed by atoms with Gasteiger partial charge >= 0.3 is 5.97 Å². The van der Waals surface area contributed by atoms with Crippen LogP contribution in [-0.2, 0) is 21.7 Å². The van der Waals surface area contributed by atoms with Crippen LogP contribution in [0.1, 0.15) is 18.1 Å². The Hall–Kier alpha value is -2.68. The van der Waals surface area contributed by atoms with Crippen molar-refractivity contribution in [1.29, 1.82) is 0 Å². The first kappa shape index (κ1) is 16.2. The molecule has 2 heterocycles. The Labute approximate surface area is 142 Å². The number of thioether (sulfide) groups is 1. The summed E-state index contributed by atoms with van der Waals surface area (Å²) in [4.78, 5) is 19.6. The van der Waals surface area contributed by atoms with Gasteiger partial charge in [-0.2, -0.15) is 4.98 Å². The van der Waals surface area contributed by atoms with Crippen LogP contribution in [0.3, 0.4) is 0 Å². The zero-order valence-electron chi connectivity index (χ0n) is 13.0. The fourth-order valence-electron chi connectivity index (χ4n) is 1.91. The van der Waals surface area contributed by atoms with Crippen molar-refractivity contribution >= 4 is 17.7 Å². The number of para-hydroxylation sites is 1. The molecule has 9 heteroatoms. The molecule has 0 atom stereocenters. The molecule has 2 aromatic heterocycles. The van der Waals surface area contributed by atoms with Crippen molar-refractivity contribution in [1.82, 2.24) is 24.9 Å². The first-order chi connectivity index (χ1) is 11.7. The van der Waals surface area contributed by atoms with Gasteiger partial charge in [-0.3, -0.25) is 4.79 Å². The van der Waals surface area contributed by atoms with Crippen LogP contribution < -0.4 is 0 Å². The van der Waals surface area contributed by atoms with Gasteiger partial charge < -0.3 is 9.26 Å². The van der Waals surface area contributed by atoms with Crippen LogP contribution in [0.15, 0.2) is 46.3 Å². The van der Waals surface area contributed by atoms with E-state index in [-0.39, 0.29) is 12.4 Å². The Balaban J connectivity index is 1.54. The Morgan fingerprint density at radius 1 is 1.33 bits per heavy atom. The number of hydrogen-bond donors (Lipinski definition) is 0. The number of aromatic nitrogens is 5. The first-order valence-corrected chi connectivity index (χ1v) is 8.21. The zero-order chi connectivity index (χ0) is 16.8. The Morgan fingerprint density at radius 2 is 2.17 bits per heavy atom. The van der Waals surface area contributed by atoms with Crippen molar-refractivity contribution in [3.63, 3.8) is 0 Å². The summed E-state index contributed by atoms with van der Waals surface area (Å²) >= 11 is 1.41. The van der Waals surface area contributed by atoms with Crippen molar-refractivity contribution < 1.29 is 14.1 Å². The zero-order valence-corrected chi connectivity index (χ0v) is 13.8. The molecule has 0 unspecified atom stereocenters. The molecule has 0 bridgehead atoms. The minimum atomic E-state index is -0.306. The van der Waals surface area contributed by atoms with E-state index in [0.717, 1.165) is 5.69 Å². The van der Waals surface area contributed by atoms with Gasteiger partial charge in [-0.1, -0.05) is 35.1 Å². The van der Waals surface area contributed by atoms with Crippen molar-refractivity contribution in [3.05, 3.63) is 48.4 Å². The number of methoxy groups -OCH3 is 1. The molecule has 0 spiro atoms. The lowest BCUT2D eigenvalue weighted by molar-refractivity contribution is -0.140. The van der Waals surface area contributed by atoms with Crippen molar-refractivity contribution in [2.24, 2.45) is 0 Å². The molecule has 0 radical (unpaired) electrons. The summed E-state index contributed by atoms with van der Waals surface area (Å²) in [5.41, 5.74) is 0.946. The maximum absolute atomic E-state index is 11.1. The topological polar surface area (TPSA) is 95.9 Å². The molecule has 0 fully saturated rings. The molecule has 24 heavy (non-hydrogen) atoms. The third-order valence-corrected chi connectivity index (χ3v) is 3.95. The second kappa shape index (κ2) is 7.73. The van der Waals surface area contributed by atoms with Crippen LogP contribution in [0.25, 0.3) is 5.69 Å². The average molecular weight is 345 g/mol. The van der Waals surface area contributed by atoms with Crippen LogP contribution in [-0.4, -0.2) is 38.0 Å². The minimum absolute atomic E-state index is 0.217. The summed E-state index contributed by atoms with van der Waals surface area (Å²) in [5.74, 6) is 1.13. The molecule has 0 saturated carbocycles. The largest absolute Gasteiger partial charge is 0.469 e. The number of carbonyl (C=O) groups excluding carboxylic acids is 1. The quantitative estimate of drug-likeness (QED) is 0.474. The highest BCUT2D eigenvalue weighted by atomic mass is 32.2. The standard InChI is InChI=1S/C15H15N5O3S/c1-22-14(21)8-7-13-17-12(19-23-13)9-24-15-16-10-20(18-15)11-5-3-2-4-6-11/h2-6,10H,7-9H2,1H3. The van der Waals surface area contributed by atoms with E-state index in [1.807, 2.05) is 30.3 Å². The Kier molecular flexibility index (Phi) is 5.22. The molecule has 3 aromatic rings. The molecule has 0 saturated heterocycles. The third kappa shape index (κ3) is 4.19. The number of esters is 1. The number of ether oxygens (including phenoxy) is 1. The van der Waals surface area contributed by atoms with E-state index in [1.54, 1.807) is 11.0 Å². The number of hydrogen-bond acceptors (Lipinski definition) is 8. The predicted octanol–water partition coefficient (Wildman–Crippen LogP) is 2.05. The van der Waals surface area contributed by atoms with Gasteiger partial charge in [0, 0.05) is 6.42 Å². The molecule has 0 aliphatic carbocycles. The van der Waals surface area contributed by atoms with E-state index in [9.17, 15) is 4.79 Å². The number of benzene rings is 1.